The smallest absolute Gasteiger partial charge is 0.315 e. The van der Waals surface area contributed by atoms with Gasteiger partial charge in [0, 0.05) is 26.2 Å². The molecule has 2 rings (SSSR count). The Bertz CT molecular complexity index is 860. The van der Waals surface area contributed by atoms with E-state index >= 15 is 0 Å². The molecule has 2 aromatic carbocycles. The third-order valence-electron chi connectivity index (χ3n) is 4.42. The zero-order valence-electron chi connectivity index (χ0n) is 16.0. The third kappa shape index (κ3) is 5.55. The first kappa shape index (κ1) is 20.9. The van der Waals surface area contributed by atoms with E-state index in [9.17, 15) is 13.2 Å². The minimum Gasteiger partial charge on any atom is -0.334 e. The van der Waals surface area contributed by atoms with Gasteiger partial charge in [0.1, 0.15) is 0 Å². The fraction of sp³-hybridized carbons (Fsp3) is 0.350. The highest BCUT2D eigenvalue weighted by molar-refractivity contribution is 7.89. The second-order valence-electron chi connectivity index (χ2n) is 6.20. The van der Waals surface area contributed by atoms with E-state index in [4.69, 9.17) is 0 Å². The number of aryl methyl sites for hydroxylation is 1. The summed E-state index contributed by atoms with van der Waals surface area (Å²) in [4.78, 5) is 12.2. The zero-order valence-corrected chi connectivity index (χ0v) is 16.8. The van der Waals surface area contributed by atoms with E-state index in [0.29, 0.717) is 26.2 Å². The van der Waals surface area contributed by atoms with Crippen LogP contribution in [0, 0.1) is 6.92 Å². The van der Waals surface area contributed by atoms with Crippen LogP contribution in [0.2, 0.25) is 0 Å². The largest absolute Gasteiger partial charge is 0.334 e. The monoisotopic (exact) mass is 389 g/mol. The van der Waals surface area contributed by atoms with Crippen molar-refractivity contribution in [1.82, 2.24) is 14.9 Å². The van der Waals surface area contributed by atoms with Crippen molar-refractivity contribution >= 4 is 16.1 Å². The van der Waals surface area contributed by atoms with Crippen LogP contribution in [-0.2, 0) is 23.1 Å². The number of nitrogens with zero attached hydrogens (tertiary/aromatic N) is 1. The van der Waals surface area contributed by atoms with Gasteiger partial charge in [0.2, 0.25) is 10.0 Å². The number of carbonyl (C=O) groups is 1. The van der Waals surface area contributed by atoms with Crippen LogP contribution in [0.3, 0.4) is 0 Å². The molecule has 0 aliphatic heterocycles. The normalized spacial score (nSPS) is 11.4. The molecule has 0 radical (unpaired) electrons. The highest BCUT2D eigenvalue weighted by Gasteiger charge is 2.21. The molecule has 0 bridgehead atoms. The molecule has 0 aliphatic carbocycles. The first-order chi connectivity index (χ1) is 12.9. The van der Waals surface area contributed by atoms with Gasteiger partial charge in [-0.25, -0.2) is 13.2 Å². The fourth-order valence-corrected chi connectivity index (χ4v) is 4.18. The average Bonchev–Trinajstić information content (AvgIpc) is 2.67. The van der Waals surface area contributed by atoms with Crippen LogP contribution in [0.1, 0.15) is 30.5 Å². The summed E-state index contributed by atoms with van der Waals surface area (Å²) in [5, 5.41) is 5.61. The summed E-state index contributed by atoms with van der Waals surface area (Å²) in [7, 11) is -3.46. The second kappa shape index (κ2) is 9.53. The van der Waals surface area contributed by atoms with Crippen LogP contribution in [0.15, 0.2) is 53.4 Å². The van der Waals surface area contributed by atoms with Gasteiger partial charge < -0.3 is 10.6 Å². The van der Waals surface area contributed by atoms with Crippen LogP contribution < -0.4 is 10.6 Å². The summed E-state index contributed by atoms with van der Waals surface area (Å²) in [6.45, 7) is 7.28. The van der Waals surface area contributed by atoms with Crippen molar-refractivity contribution in [2.24, 2.45) is 0 Å². The lowest BCUT2D eigenvalue weighted by molar-refractivity contribution is 0.240. The number of sulfonamides is 1. The lowest BCUT2D eigenvalue weighted by Crippen LogP contribution is -2.34. The molecule has 7 heteroatoms. The van der Waals surface area contributed by atoms with E-state index < -0.39 is 10.0 Å². The molecule has 0 spiro atoms. The Kier molecular flexibility index (Phi) is 7.38. The van der Waals surface area contributed by atoms with Gasteiger partial charge in [-0.15, -0.1) is 0 Å². The molecule has 0 unspecified atom stereocenters. The van der Waals surface area contributed by atoms with Crippen LogP contribution in [-0.4, -0.2) is 31.8 Å². The van der Waals surface area contributed by atoms with Crippen molar-refractivity contribution in [2.75, 3.05) is 13.1 Å². The highest BCUT2D eigenvalue weighted by Crippen LogP contribution is 2.16. The maximum atomic E-state index is 12.5. The lowest BCUT2D eigenvalue weighted by Gasteiger charge is -2.18. The highest BCUT2D eigenvalue weighted by atomic mass is 32.2. The van der Waals surface area contributed by atoms with Gasteiger partial charge in [0.15, 0.2) is 0 Å². The Morgan fingerprint density at radius 2 is 1.52 bits per heavy atom. The van der Waals surface area contributed by atoms with Crippen LogP contribution in [0.25, 0.3) is 0 Å². The van der Waals surface area contributed by atoms with Crippen LogP contribution in [0.4, 0.5) is 4.79 Å². The van der Waals surface area contributed by atoms with E-state index in [1.165, 1.54) is 4.31 Å². The Labute approximate surface area is 161 Å². The topological polar surface area (TPSA) is 78.5 Å². The van der Waals surface area contributed by atoms with E-state index in [1.54, 1.807) is 24.3 Å². The molecule has 0 fully saturated rings. The van der Waals surface area contributed by atoms with Gasteiger partial charge in [-0.3, -0.25) is 0 Å². The average molecular weight is 390 g/mol. The van der Waals surface area contributed by atoms with E-state index in [1.807, 2.05) is 45.0 Å². The number of benzene rings is 2. The standard InChI is InChI=1S/C20H27N3O3S/c1-4-23(5-2)27(25,26)19-12-10-17(11-13-19)14-21-20(24)22-15-18-9-7-6-8-16(18)3/h6-13H,4-5,14-15H2,1-3H3,(H2,21,22,24). The van der Waals surface area contributed by atoms with Crippen molar-refractivity contribution in [3.05, 3.63) is 65.2 Å². The Morgan fingerprint density at radius 3 is 2.11 bits per heavy atom. The fourth-order valence-electron chi connectivity index (χ4n) is 2.72. The van der Waals surface area contributed by atoms with Gasteiger partial charge >= 0.3 is 6.03 Å². The van der Waals surface area contributed by atoms with Crippen LogP contribution in [0.5, 0.6) is 0 Å². The molecule has 2 N–H and O–H groups in total. The quantitative estimate of drug-likeness (QED) is 0.728. The maximum absolute atomic E-state index is 12.5. The molecule has 6 nitrogen and oxygen atoms in total. The Balaban J connectivity index is 1.89. The van der Waals surface area contributed by atoms with Crippen molar-refractivity contribution < 1.29 is 13.2 Å². The first-order valence-corrected chi connectivity index (χ1v) is 10.5. The van der Waals surface area contributed by atoms with Crippen molar-refractivity contribution in [3.63, 3.8) is 0 Å². The van der Waals surface area contributed by atoms with Crippen molar-refractivity contribution in [1.29, 1.82) is 0 Å². The Hall–Kier alpha value is -2.38. The van der Waals surface area contributed by atoms with Gasteiger partial charge in [0.05, 0.1) is 4.90 Å². The van der Waals surface area contributed by atoms with Gasteiger partial charge in [-0.2, -0.15) is 4.31 Å². The summed E-state index contributed by atoms with van der Waals surface area (Å²) in [5.74, 6) is 0. The molecule has 0 aromatic heterocycles. The molecule has 2 amide bonds. The molecular formula is C20H27N3O3S. The van der Waals surface area contributed by atoms with Crippen molar-refractivity contribution in [3.8, 4) is 0 Å². The number of carbonyl (C=O) groups excluding carboxylic acids is 1. The Morgan fingerprint density at radius 1 is 0.926 bits per heavy atom. The molecule has 0 heterocycles. The molecule has 146 valence electrons. The second-order valence-corrected chi connectivity index (χ2v) is 8.13. The SMILES string of the molecule is CCN(CC)S(=O)(=O)c1ccc(CNC(=O)NCc2ccccc2C)cc1. The summed E-state index contributed by atoms with van der Waals surface area (Å²) in [6, 6.07) is 14.2. The summed E-state index contributed by atoms with van der Waals surface area (Å²) in [6.07, 6.45) is 0. The zero-order chi connectivity index (χ0) is 19.9. The number of amides is 2. The maximum Gasteiger partial charge on any atom is 0.315 e. The minimum absolute atomic E-state index is 0.263. The predicted octanol–water partition coefficient (Wildman–Crippen LogP) is 3.02. The molecular weight excluding hydrogens is 362 g/mol. The molecule has 0 atom stereocenters. The number of urea groups is 1. The van der Waals surface area contributed by atoms with Crippen LogP contribution >= 0.6 is 0 Å². The van der Waals surface area contributed by atoms with E-state index in [0.717, 1.165) is 16.7 Å². The molecule has 2 aromatic rings. The van der Waals surface area contributed by atoms with Crippen molar-refractivity contribution in [2.45, 2.75) is 38.8 Å². The molecule has 0 saturated carbocycles. The molecule has 0 saturated heterocycles. The van der Waals surface area contributed by atoms with Gasteiger partial charge in [-0.05, 0) is 35.7 Å². The number of hydrogen-bond donors (Lipinski definition) is 2. The minimum atomic E-state index is -3.46. The molecule has 0 aliphatic rings. The first-order valence-electron chi connectivity index (χ1n) is 9.03. The van der Waals surface area contributed by atoms with E-state index in [-0.39, 0.29) is 10.9 Å². The number of hydrogen-bond acceptors (Lipinski definition) is 3. The number of nitrogens with one attached hydrogen (secondary N) is 2. The summed E-state index contributed by atoms with van der Waals surface area (Å²) >= 11 is 0. The predicted molar refractivity (Wildman–Crippen MR) is 107 cm³/mol. The summed E-state index contributed by atoms with van der Waals surface area (Å²) in [5.41, 5.74) is 3.03. The molecule has 27 heavy (non-hydrogen) atoms. The lowest BCUT2D eigenvalue weighted by atomic mass is 10.1. The number of rotatable bonds is 8. The van der Waals surface area contributed by atoms with E-state index in [2.05, 4.69) is 10.6 Å². The third-order valence-corrected chi connectivity index (χ3v) is 6.48. The summed E-state index contributed by atoms with van der Waals surface area (Å²) < 4.78 is 26.3. The van der Waals surface area contributed by atoms with Gasteiger partial charge in [0.25, 0.3) is 0 Å². The van der Waals surface area contributed by atoms with Gasteiger partial charge in [-0.1, -0.05) is 50.2 Å².